The quantitative estimate of drug-likeness (QED) is 0.876. The highest BCUT2D eigenvalue weighted by Crippen LogP contribution is 2.32. The van der Waals surface area contributed by atoms with Gasteiger partial charge in [-0.3, -0.25) is 0 Å². The van der Waals surface area contributed by atoms with Gasteiger partial charge in [-0.05, 0) is 43.0 Å². The summed E-state index contributed by atoms with van der Waals surface area (Å²) in [6.45, 7) is 2.59. The van der Waals surface area contributed by atoms with E-state index in [9.17, 15) is 0 Å². The van der Waals surface area contributed by atoms with Crippen LogP contribution in [0.25, 0.3) is 0 Å². The number of nitrogens with one attached hydrogen (secondary N) is 1. The third kappa shape index (κ3) is 2.76. The molecular formula is C13H18ClNO. The Bertz CT molecular complexity index is 348. The van der Waals surface area contributed by atoms with Gasteiger partial charge in [0.05, 0.1) is 0 Å². The van der Waals surface area contributed by atoms with Crippen LogP contribution in [0.3, 0.4) is 0 Å². The number of halogens is 1. The second-order valence-corrected chi connectivity index (χ2v) is 4.68. The van der Waals surface area contributed by atoms with Gasteiger partial charge in [-0.15, -0.1) is 0 Å². The van der Waals surface area contributed by atoms with Gasteiger partial charge in [0.25, 0.3) is 0 Å². The fourth-order valence-corrected chi connectivity index (χ4v) is 2.58. The Kier molecular flexibility index (Phi) is 4.22. The van der Waals surface area contributed by atoms with Crippen LogP contribution in [0.15, 0.2) is 18.2 Å². The molecule has 1 aliphatic heterocycles. The molecule has 0 spiro atoms. The number of hydrogen-bond acceptors (Lipinski definition) is 2. The lowest BCUT2D eigenvalue weighted by Gasteiger charge is -2.23. The molecule has 0 bridgehead atoms. The van der Waals surface area contributed by atoms with Crippen molar-refractivity contribution in [2.45, 2.75) is 25.3 Å². The van der Waals surface area contributed by atoms with Crippen LogP contribution < -0.4 is 5.32 Å². The van der Waals surface area contributed by atoms with Gasteiger partial charge in [-0.1, -0.05) is 23.7 Å². The SMILES string of the molecule is CNCc1ccc(C2CCOCC2)c(Cl)c1. The van der Waals surface area contributed by atoms with Gasteiger partial charge >= 0.3 is 0 Å². The summed E-state index contributed by atoms with van der Waals surface area (Å²) in [6.07, 6.45) is 2.18. The fraction of sp³-hybridized carbons (Fsp3) is 0.538. The summed E-state index contributed by atoms with van der Waals surface area (Å²) in [7, 11) is 1.94. The first-order chi connectivity index (χ1) is 7.81. The topological polar surface area (TPSA) is 21.3 Å². The molecule has 88 valence electrons. The zero-order chi connectivity index (χ0) is 11.4. The molecular weight excluding hydrogens is 222 g/mol. The van der Waals surface area contributed by atoms with E-state index >= 15 is 0 Å². The predicted octanol–water partition coefficient (Wildman–Crippen LogP) is 2.95. The number of hydrogen-bond donors (Lipinski definition) is 1. The highest BCUT2D eigenvalue weighted by molar-refractivity contribution is 6.31. The lowest BCUT2D eigenvalue weighted by atomic mass is 9.91. The largest absolute Gasteiger partial charge is 0.381 e. The average molecular weight is 240 g/mol. The summed E-state index contributed by atoms with van der Waals surface area (Å²) in [5.41, 5.74) is 2.52. The van der Waals surface area contributed by atoms with Gasteiger partial charge in [0.15, 0.2) is 0 Å². The van der Waals surface area contributed by atoms with Crippen molar-refractivity contribution in [3.05, 3.63) is 34.3 Å². The van der Waals surface area contributed by atoms with Crippen molar-refractivity contribution in [3.8, 4) is 0 Å². The van der Waals surface area contributed by atoms with E-state index in [0.717, 1.165) is 37.6 Å². The minimum absolute atomic E-state index is 0.574. The van der Waals surface area contributed by atoms with Gasteiger partial charge in [0.1, 0.15) is 0 Å². The van der Waals surface area contributed by atoms with E-state index < -0.39 is 0 Å². The summed E-state index contributed by atoms with van der Waals surface area (Å²) in [5.74, 6) is 0.574. The molecule has 2 rings (SSSR count). The first kappa shape index (κ1) is 11.9. The molecule has 0 atom stereocenters. The van der Waals surface area contributed by atoms with E-state index in [2.05, 4.69) is 23.5 Å². The minimum atomic E-state index is 0.574. The number of rotatable bonds is 3. The van der Waals surface area contributed by atoms with Gasteiger partial charge in [0, 0.05) is 24.8 Å². The van der Waals surface area contributed by atoms with E-state index in [0.29, 0.717) is 5.92 Å². The van der Waals surface area contributed by atoms with E-state index in [4.69, 9.17) is 16.3 Å². The van der Waals surface area contributed by atoms with Crippen LogP contribution in [-0.4, -0.2) is 20.3 Å². The van der Waals surface area contributed by atoms with Crippen LogP contribution in [-0.2, 0) is 11.3 Å². The second kappa shape index (κ2) is 5.67. The van der Waals surface area contributed by atoms with Gasteiger partial charge in [-0.2, -0.15) is 0 Å². The molecule has 0 aliphatic carbocycles. The van der Waals surface area contributed by atoms with Gasteiger partial charge in [0.2, 0.25) is 0 Å². The monoisotopic (exact) mass is 239 g/mol. The fourth-order valence-electron chi connectivity index (χ4n) is 2.22. The number of ether oxygens (including phenoxy) is 1. The molecule has 0 amide bonds. The molecule has 1 aliphatic rings. The maximum atomic E-state index is 6.33. The lowest BCUT2D eigenvalue weighted by molar-refractivity contribution is 0.0853. The molecule has 1 N–H and O–H groups in total. The molecule has 3 heteroatoms. The van der Waals surface area contributed by atoms with E-state index in [1.165, 1.54) is 11.1 Å². The molecule has 1 saturated heterocycles. The van der Waals surface area contributed by atoms with Crippen LogP contribution in [0.2, 0.25) is 5.02 Å². The maximum absolute atomic E-state index is 6.33. The Hall–Kier alpha value is -0.570. The predicted molar refractivity (Wildman–Crippen MR) is 67.0 cm³/mol. The van der Waals surface area contributed by atoms with Crippen molar-refractivity contribution >= 4 is 11.6 Å². The summed E-state index contributed by atoms with van der Waals surface area (Å²) < 4.78 is 5.37. The summed E-state index contributed by atoms with van der Waals surface area (Å²) in [5, 5.41) is 4.03. The Labute approximate surface area is 102 Å². The summed E-state index contributed by atoms with van der Waals surface area (Å²) in [4.78, 5) is 0. The molecule has 1 aromatic rings. The molecule has 1 heterocycles. The Morgan fingerprint density at radius 1 is 1.38 bits per heavy atom. The molecule has 0 radical (unpaired) electrons. The van der Waals surface area contributed by atoms with Crippen LogP contribution in [0, 0.1) is 0 Å². The lowest BCUT2D eigenvalue weighted by Crippen LogP contribution is -2.14. The molecule has 0 saturated carbocycles. The normalized spacial score (nSPS) is 17.6. The van der Waals surface area contributed by atoms with E-state index in [1.54, 1.807) is 0 Å². The third-order valence-electron chi connectivity index (χ3n) is 3.11. The van der Waals surface area contributed by atoms with E-state index in [1.807, 2.05) is 7.05 Å². The molecule has 2 nitrogen and oxygen atoms in total. The smallest absolute Gasteiger partial charge is 0.0471 e. The number of benzene rings is 1. The molecule has 1 fully saturated rings. The standard InChI is InChI=1S/C13H18ClNO/c1-15-9-10-2-3-12(13(14)8-10)11-4-6-16-7-5-11/h2-3,8,11,15H,4-7,9H2,1H3. The zero-order valence-corrected chi connectivity index (χ0v) is 10.4. The van der Waals surface area contributed by atoms with Gasteiger partial charge < -0.3 is 10.1 Å². The molecule has 0 aromatic heterocycles. The Morgan fingerprint density at radius 2 is 2.12 bits per heavy atom. The maximum Gasteiger partial charge on any atom is 0.0471 e. The van der Waals surface area contributed by atoms with Crippen molar-refractivity contribution < 1.29 is 4.74 Å². The highest BCUT2D eigenvalue weighted by atomic mass is 35.5. The zero-order valence-electron chi connectivity index (χ0n) is 9.63. The molecule has 0 unspecified atom stereocenters. The van der Waals surface area contributed by atoms with Crippen molar-refractivity contribution in [2.75, 3.05) is 20.3 Å². The summed E-state index contributed by atoms with van der Waals surface area (Å²) in [6, 6.07) is 6.40. The third-order valence-corrected chi connectivity index (χ3v) is 3.43. The van der Waals surface area contributed by atoms with Crippen molar-refractivity contribution in [1.82, 2.24) is 5.32 Å². The first-order valence-electron chi connectivity index (χ1n) is 5.82. The van der Waals surface area contributed by atoms with E-state index in [-0.39, 0.29) is 0 Å². The highest BCUT2D eigenvalue weighted by Gasteiger charge is 2.18. The van der Waals surface area contributed by atoms with Crippen molar-refractivity contribution in [3.63, 3.8) is 0 Å². The van der Waals surface area contributed by atoms with Crippen LogP contribution >= 0.6 is 11.6 Å². The second-order valence-electron chi connectivity index (χ2n) is 4.27. The summed E-state index contributed by atoms with van der Waals surface area (Å²) >= 11 is 6.33. The van der Waals surface area contributed by atoms with Crippen LogP contribution in [0.1, 0.15) is 29.9 Å². The minimum Gasteiger partial charge on any atom is -0.381 e. The Morgan fingerprint density at radius 3 is 2.75 bits per heavy atom. The van der Waals surface area contributed by atoms with Crippen LogP contribution in [0.5, 0.6) is 0 Å². The van der Waals surface area contributed by atoms with Crippen molar-refractivity contribution in [1.29, 1.82) is 0 Å². The van der Waals surface area contributed by atoms with Gasteiger partial charge in [-0.25, -0.2) is 0 Å². The Balaban J connectivity index is 2.14. The van der Waals surface area contributed by atoms with Crippen molar-refractivity contribution in [2.24, 2.45) is 0 Å². The molecule has 16 heavy (non-hydrogen) atoms. The molecule has 1 aromatic carbocycles. The van der Waals surface area contributed by atoms with Crippen LogP contribution in [0.4, 0.5) is 0 Å². The first-order valence-corrected chi connectivity index (χ1v) is 6.19. The average Bonchev–Trinajstić information content (AvgIpc) is 2.31.